The summed E-state index contributed by atoms with van der Waals surface area (Å²) < 4.78 is 14.1. The number of anilines is 1. The summed E-state index contributed by atoms with van der Waals surface area (Å²) in [5, 5.41) is 10.0. The van der Waals surface area contributed by atoms with Gasteiger partial charge in [0.05, 0.1) is 6.17 Å². The quantitative estimate of drug-likeness (QED) is 0.730. The van der Waals surface area contributed by atoms with E-state index in [0.29, 0.717) is 24.2 Å². The van der Waals surface area contributed by atoms with E-state index in [2.05, 4.69) is 39.8 Å². The number of amides is 1. The van der Waals surface area contributed by atoms with Gasteiger partial charge in [-0.15, -0.1) is 0 Å². The molecular formula is C20H30FN5O. The lowest BCUT2D eigenvalue weighted by Crippen LogP contribution is -2.56. The number of fused-ring (bicyclic) bond motifs is 2. The highest BCUT2D eigenvalue weighted by molar-refractivity contribution is 5.88. The predicted octanol–water partition coefficient (Wildman–Crippen LogP) is 0.911. The van der Waals surface area contributed by atoms with Crippen molar-refractivity contribution < 1.29 is 9.18 Å². The number of halogens is 1. The molecule has 1 aromatic carbocycles. The molecule has 0 spiro atoms. The number of nitrogens with one attached hydrogen (secondary N) is 3. The SMILES string of the molecule is Cc1ccc(F)c2c1NC(C(=O)NC1CCC3NCC(CN(C)C)N3C1)C2. The van der Waals surface area contributed by atoms with Crippen LogP contribution in [0.15, 0.2) is 12.1 Å². The largest absolute Gasteiger partial charge is 0.373 e. The number of hydrogen-bond donors (Lipinski definition) is 3. The van der Waals surface area contributed by atoms with Crippen molar-refractivity contribution >= 4 is 11.6 Å². The van der Waals surface area contributed by atoms with Crippen molar-refractivity contribution in [3.8, 4) is 0 Å². The summed E-state index contributed by atoms with van der Waals surface area (Å²) in [6.07, 6.45) is 2.86. The van der Waals surface area contributed by atoms with Gasteiger partial charge in [0.15, 0.2) is 0 Å². The van der Waals surface area contributed by atoms with E-state index < -0.39 is 0 Å². The maximum absolute atomic E-state index is 14.1. The first-order valence-electron chi connectivity index (χ1n) is 9.91. The number of piperidine rings is 1. The van der Waals surface area contributed by atoms with E-state index in [1.807, 2.05) is 6.92 Å². The smallest absolute Gasteiger partial charge is 0.243 e. The molecule has 148 valence electrons. The van der Waals surface area contributed by atoms with Gasteiger partial charge in [0.25, 0.3) is 0 Å². The summed E-state index contributed by atoms with van der Waals surface area (Å²) in [6.45, 7) is 4.83. The summed E-state index contributed by atoms with van der Waals surface area (Å²) >= 11 is 0. The van der Waals surface area contributed by atoms with Crippen LogP contribution in [0.1, 0.15) is 24.0 Å². The average Bonchev–Trinajstić information content (AvgIpc) is 3.24. The molecule has 1 amide bonds. The van der Waals surface area contributed by atoms with E-state index in [0.717, 1.165) is 43.7 Å². The van der Waals surface area contributed by atoms with Gasteiger partial charge in [-0.2, -0.15) is 0 Å². The molecule has 4 rings (SSSR count). The zero-order valence-corrected chi connectivity index (χ0v) is 16.4. The Morgan fingerprint density at radius 2 is 2.19 bits per heavy atom. The molecule has 7 heteroatoms. The molecular weight excluding hydrogens is 345 g/mol. The molecule has 1 aromatic rings. The number of hydrogen-bond acceptors (Lipinski definition) is 5. The van der Waals surface area contributed by atoms with Crippen molar-refractivity contribution in [2.24, 2.45) is 0 Å². The average molecular weight is 375 g/mol. The van der Waals surface area contributed by atoms with E-state index >= 15 is 0 Å². The van der Waals surface area contributed by atoms with Gasteiger partial charge >= 0.3 is 0 Å². The van der Waals surface area contributed by atoms with Crippen LogP contribution in [0.25, 0.3) is 0 Å². The maximum atomic E-state index is 14.1. The molecule has 6 nitrogen and oxygen atoms in total. The zero-order chi connectivity index (χ0) is 19.1. The fourth-order valence-electron chi connectivity index (χ4n) is 4.75. The Hall–Kier alpha value is -1.70. The highest BCUT2D eigenvalue weighted by Crippen LogP contribution is 2.31. The second-order valence-electron chi connectivity index (χ2n) is 8.44. The Kier molecular flexibility index (Phi) is 5.09. The summed E-state index contributed by atoms with van der Waals surface area (Å²) in [5.74, 6) is -0.252. The van der Waals surface area contributed by atoms with Gasteiger partial charge in [0.2, 0.25) is 5.91 Å². The standard InChI is InChI=1S/C20H30FN5O/c1-12-4-6-16(21)15-8-17(24-19(12)15)20(27)23-13-5-7-18-22-9-14(11-25(2)3)26(18)10-13/h4,6,13-14,17-18,22,24H,5,7-11H2,1-3H3,(H,23,27). The minimum atomic E-state index is -0.386. The van der Waals surface area contributed by atoms with Gasteiger partial charge in [-0.3, -0.25) is 9.69 Å². The summed E-state index contributed by atoms with van der Waals surface area (Å²) in [5.41, 5.74) is 2.40. The van der Waals surface area contributed by atoms with Crippen LogP contribution < -0.4 is 16.0 Å². The third-order valence-electron chi connectivity index (χ3n) is 6.11. The molecule has 3 aliphatic rings. The summed E-state index contributed by atoms with van der Waals surface area (Å²) in [6, 6.07) is 3.49. The van der Waals surface area contributed by atoms with Crippen LogP contribution in [-0.2, 0) is 11.2 Å². The number of carbonyl (C=O) groups excluding carboxylic acids is 1. The molecule has 4 unspecified atom stereocenters. The number of benzene rings is 1. The minimum absolute atomic E-state index is 0.0234. The van der Waals surface area contributed by atoms with Gasteiger partial charge < -0.3 is 20.9 Å². The Balaban J connectivity index is 1.37. The highest BCUT2D eigenvalue weighted by atomic mass is 19.1. The molecule has 3 aliphatic heterocycles. The fourth-order valence-corrected chi connectivity index (χ4v) is 4.75. The maximum Gasteiger partial charge on any atom is 0.243 e. The van der Waals surface area contributed by atoms with Crippen LogP contribution in [0, 0.1) is 12.7 Å². The molecule has 27 heavy (non-hydrogen) atoms. The van der Waals surface area contributed by atoms with Crippen molar-refractivity contribution in [3.63, 3.8) is 0 Å². The minimum Gasteiger partial charge on any atom is -0.373 e. The number of aryl methyl sites for hydroxylation is 1. The van der Waals surface area contributed by atoms with Crippen LogP contribution in [0.4, 0.5) is 10.1 Å². The van der Waals surface area contributed by atoms with Crippen molar-refractivity contribution in [3.05, 3.63) is 29.1 Å². The molecule has 3 heterocycles. The van der Waals surface area contributed by atoms with Crippen molar-refractivity contribution in [2.45, 2.75) is 50.5 Å². The summed E-state index contributed by atoms with van der Waals surface area (Å²) in [4.78, 5) is 17.5. The van der Waals surface area contributed by atoms with Crippen molar-refractivity contribution in [2.75, 3.05) is 39.0 Å². The molecule has 2 fully saturated rings. The Labute approximate surface area is 160 Å². The second kappa shape index (κ2) is 7.37. The van der Waals surface area contributed by atoms with Crippen LogP contribution in [-0.4, -0.2) is 73.7 Å². The number of carbonyl (C=O) groups is 1. The molecule has 3 N–H and O–H groups in total. The normalized spacial score (nSPS) is 30.1. The van der Waals surface area contributed by atoms with Crippen molar-refractivity contribution in [1.29, 1.82) is 0 Å². The molecule has 2 saturated heterocycles. The van der Waals surface area contributed by atoms with Gasteiger partial charge in [-0.25, -0.2) is 4.39 Å². The van der Waals surface area contributed by atoms with Crippen molar-refractivity contribution in [1.82, 2.24) is 20.4 Å². The fraction of sp³-hybridized carbons (Fsp3) is 0.650. The third-order valence-corrected chi connectivity index (χ3v) is 6.11. The lowest BCUT2D eigenvalue weighted by Gasteiger charge is -2.38. The lowest BCUT2D eigenvalue weighted by molar-refractivity contribution is -0.123. The van der Waals surface area contributed by atoms with E-state index in [9.17, 15) is 9.18 Å². The van der Waals surface area contributed by atoms with Crippen LogP contribution in [0.3, 0.4) is 0 Å². The Bertz CT molecular complexity index is 694. The first-order chi connectivity index (χ1) is 12.9. The topological polar surface area (TPSA) is 59.6 Å². The predicted molar refractivity (Wildman–Crippen MR) is 104 cm³/mol. The van der Waals surface area contributed by atoms with Gasteiger partial charge in [0.1, 0.15) is 11.9 Å². The number of likely N-dealkylation sites (N-methyl/N-ethyl adjacent to an activating group) is 1. The van der Waals surface area contributed by atoms with Gasteiger partial charge in [0, 0.05) is 49.4 Å². The highest BCUT2D eigenvalue weighted by Gasteiger charge is 2.39. The van der Waals surface area contributed by atoms with Gasteiger partial charge in [-0.1, -0.05) is 6.07 Å². The number of rotatable bonds is 4. The van der Waals surface area contributed by atoms with E-state index in [1.54, 1.807) is 6.07 Å². The lowest BCUT2D eigenvalue weighted by atomic mass is 10.0. The number of nitrogens with zero attached hydrogens (tertiary/aromatic N) is 2. The van der Waals surface area contributed by atoms with E-state index in [1.165, 1.54) is 6.07 Å². The zero-order valence-electron chi connectivity index (χ0n) is 16.4. The third kappa shape index (κ3) is 3.68. The first kappa shape index (κ1) is 18.7. The van der Waals surface area contributed by atoms with E-state index in [-0.39, 0.29) is 23.8 Å². The Morgan fingerprint density at radius 1 is 1.37 bits per heavy atom. The van der Waals surface area contributed by atoms with Gasteiger partial charge in [-0.05, 0) is 45.5 Å². The summed E-state index contributed by atoms with van der Waals surface area (Å²) in [7, 11) is 4.20. The molecule has 0 aromatic heterocycles. The molecule has 4 atom stereocenters. The Morgan fingerprint density at radius 3 is 2.93 bits per heavy atom. The first-order valence-corrected chi connectivity index (χ1v) is 9.91. The molecule has 0 saturated carbocycles. The molecule has 0 aliphatic carbocycles. The molecule has 0 radical (unpaired) electrons. The van der Waals surface area contributed by atoms with Crippen LogP contribution in [0.5, 0.6) is 0 Å². The molecule has 0 bridgehead atoms. The van der Waals surface area contributed by atoms with E-state index in [4.69, 9.17) is 0 Å². The monoisotopic (exact) mass is 375 g/mol. The van der Waals surface area contributed by atoms with Crippen LogP contribution >= 0.6 is 0 Å². The second-order valence-corrected chi connectivity index (χ2v) is 8.44. The van der Waals surface area contributed by atoms with Crippen LogP contribution in [0.2, 0.25) is 0 Å².